The topological polar surface area (TPSA) is 56.2 Å². The summed E-state index contributed by atoms with van der Waals surface area (Å²) in [6.07, 6.45) is 5.96. The smallest absolute Gasteiger partial charge is 0.258 e. The molecule has 1 N–H and O–H groups in total. The first kappa shape index (κ1) is 18.6. The Balaban J connectivity index is 2.16. The number of hydrogen-bond acceptors (Lipinski definition) is 3. The quantitative estimate of drug-likeness (QED) is 0.810. The molecule has 0 fully saturated rings. The van der Waals surface area contributed by atoms with Crippen molar-refractivity contribution in [3.05, 3.63) is 23.4 Å². The number of amides is 1. The third-order valence-corrected chi connectivity index (χ3v) is 4.59. The fourth-order valence-electron chi connectivity index (χ4n) is 3.42. The third-order valence-electron chi connectivity index (χ3n) is 4.59. The summed E-state index contributed by atoms with van der Waals surface area (Å²) in [5, 5.41) is 7.40. The van der Waals surface area contributed by atoms with Gasteiger partial charge in [-0.05, 0) is 30.6 Å². The van der Waals surface area contributed by atoms with Crippen molar-refractivity contribution >= 4 is 5.91 Å². The number of nitrogens with zero attached hydrogens (tertiary/aromatic N) is 2. The van der Waals surface area contributed by atoms with Crippen LogP contribution in [0.3, 0.4) is 0 Å². The van der Waals surface area contributed by atoms with Gasteiger partial charge >= 0.3 is 0 Å². The van der Waals surface area contributed by atoms with Gasteiger partial charge in [0, 0.05) is 7.05 Å². The summed E-state index contributed by atoms with van der Waals surface area (Å²) in [7, 11) is 1.80. The molecule has 3 unspecified atom stereocenters. The number of carbonyl (C=O) groups is 1. The van der Waals surface area contributed by atoms with E-state index in [2.05, 4.69) is 51.1 Å². The number of aryl methyl sites for hydroxylation is 1. The van der Waals surface area contributed by atoms with E-state index in [9.17, 15) is 4.79 Å². The lowest BCUT2D eigenvalue weighted by Gasteiger charge is -2.33. The first-order valence-corrected chi connectivity index (χ1v) is 8.99. The van der Waals surface area contributed by atoms with Gasteiger partial charge in [0.25, 0.3) is 5.91 Å². The van der Waals surface area contributed by atoms with Crippen molar-refractivity contribution in [2.75, 3.05) is 6.61 Å². The van der Waals surface area contributed by atoms with Gasteiger partial charge < -0.3 is 10.1 Å². The molecule has 0 aromatic carbocycles. The van der Waals surface area contributed by atoms with Crippen LogP contribution in [0.5, 0.6) is 5.88 Å². The Kier molecular flexibility index (Phi) is 6.08. The standard InChI is InChI=1S/C19H31N3O2/c1-7-15-9-13(4)8-14(5)17(15)21-18(23)16-10-20-22(6)19(16)24-11-12(2)3/h9-10,12-14,17H,7-8,11H2,1-6H3,(H,21,23). The maximum Gasteiger partial charge on any atom is 0.258 e. The van der Waals surface area contributed by atoms with E-state index in [1.807, 2.05) is 0 Å². The minimum Gasteiger partial charge on any atom is -0.477 e. The number of hydrogen-bond donors (Lipinski definition) is 1. The van der Waals surface area contributed by atoms with Gasteiger partial charge in [0.15, 0.2) is 0 Å². The third kappa shape index (κ3) is 4.19. The Hall–Kier alpha value is -1.78. The summed E-state index contributed by atoms with van der Waals surface area (Å²) in [4.78, 5) is 12.8. The second-order valence-electron chi connectivity index (χ2n) is 7.43. The lowest BCUT2D eigenvalue weighted by Crippen LogP contribution is -2.43. The van der Waals surface area contributed by atoms with Crippen molar-refractivity contribution in [2.45, 2.75) is 53.5 Å². The lowest BCUT2D eigenvalue weighted by atomic mass is 9.79. The molecule has 134 valence electrons. The zero-order valence-electron chi connectivity index (χ0n) is 15.8. The van der Waals surface area contributed by atoms with E-state index in [1.165, 1.54) is 5.57 Å². The van der Waals surface area contributed by atoms with Crippen LogP contribution >= 0.6 is 0 Å². The summed E-state index contributed by atoms with van der Waals surface area (Å²) in [6, 6.07) is 0.0943. The number of allylic oxidation sites excluding steroid dienone is 1. The second-order valence-corrected chi connectivity index (χ2v) is 7.43. The van der Waals surface area contributed by atoms with E-state index in [1.54, 1.807) is 17.9 Å². The average Bonchev–Trinajstić information content (AvgIpc) is 2.88. The van der Waals surface area contributed by atoms with Crippen molar-refractivity contribution < 1.29 is 9.53 Å². The molecule has 24 heavy (non-hydrogen) atoms. The van der Waals surface area contributed by atoms with Gasteiger partial charge in [-0.1, -0.05) is 46.3 Å². The summed E-state index contributed by atoms with van der Waals surface area (Å²) in [5.74, 6) is 1.84. The molecular formula is C19H31N3O2. The van der Waals surface area contributed by atoms with Crippen molar-refractivity contribution in [3.63, 3.8) is 0 Å². The van der Waals surface area contributed by atoms with Gasteiger partial charge in [0.2, 0.25) is 5.88 Å². The molecule has 0 spiro atoms. The molecule has 1 aliphatic carbocycles. The van der Waals surface area contributed by atoms with Crippen molar-refractivity contribution in [3.8, 4) is 5.88 Å². The van der Waals surface area contributed by atoms with Crippen molar-refractivity contribution in [1.29, 1.82) is 0 Å². The molecule has 1 aromatic heterocycles. The van der Waals surface area contributed by atoms with Crippen LogP contribution in [-0.4, -0.2) is 28.3 Å². The fraction of sp³-hybridized carbons (Fsp3) is 0.684. The first-order chi connectivity index (χ1) is 11.3. The predicted molar refractivity (Wildman–Crippen MR) is 96.1 cm³/mol. The number of nitrogens with one attached hydrogen (secondary N) is 1. The van der Waals surface area contributed by atoms with E-state index in [0.29, 0.717) is 35.8 Å². The van der Waals surface area contributed by atoms with Crippen LogP contribution in [-0.2, 0) is 7.05 Å². The largest absolute Gasteiger partial charge is 0.477 e. The Bertz CT molecular complexity index is 604. The van der Waals surface area contributed by atoms with Crippen LogP contribution < -0.4 is 10.1 Å². The number of carbonyl (C=O) groups excluding carboxylic acids is 1. The Morgan fingerprint density at radius 1 is 1.46 bits per heavy atom. The highest BCUT2D eigenvalue weighted by Gasteiger charge is 2.29. The average molecular weight is 333 g/mol. The molecule has 0 aliphatic heterocycles. The molecule has 1 heterocycles. The van der Waals surface area contributed by atoms with Crippen LogP contribution in [0.15, 0.2) is 17.8 Å². The highest BCUT2D eigenvalue weighted by molar-refractivity contribution is 5.96. The Morgan fingerprint density at radius 2 is 2.17 bits per heavy atom. The van der Waals surface area contributed by atoms with Crippen LogP contribution in [0.25, 0.3) is 0 Å². The zero-order valence-corrected chi connectivity index (χ0v) is 15.8. The van der Waals surface area contributed by atoms with Crippen LogP contribution in [0, 0.1) is 17.8 Å². The van der Waals surface area contributed by atoms with E-state index < -0.39 is 0 Å². The maximum atomic E-state index is 12.8. The molecule has 3 atom stereocenters. The molecular weight excluding hydrogens is 302 g/mol. The minimum atomic E-state index is -0.104. The van der Waals surface area contributed by atoms with Gasteiger partial charge in [-0.15, -0.1) is 0 Å². The number of ether oxygens (including phenoxy) is 1. The fourth-order valence-corrected chi connectivity index (χ4v) is 3.42. The van der Waals surface area contributed by atoms with Gasteiger partial charge in [0.05, 0.1) is 18.8 Å². The summed E-state index contributed by atoms with van der Waals surface area (Å²) in [5.41, 5.74) is 1.84. The normalized spacial score (nSPS) is 24.0. The Labute approximate surface area is 145 Å². The van der Waals surface area contributed by atoms with E-state index in [0.717, 1.165) is 12.8 Å². The molecule has 5 nitrogen and oxygen atoms in total. The van der Waals surface area contributed by atoms with Gasteiger partial charge in [-0.3, -0.25) is 4.79 Å². The van der Waals surface area contributed by atoms with Crippen molar-refractivity contribution in [1.82, 2.24) is 15.1 Å². The number of aromatic nitrogens is 2. The van der Waals surface area contributed by atoms with E-state index >= 15 is 0 Å². The molecule has 1 amide bonds. The molecule has 2 rings (SSSR count). The number of rotatable bonds is 6. The lowest BCUT2D eigenvalue weighted by molar-refractivity contribution is 0.0921. The van der Waals surface area contributed by atoms with Crippen LogP contribution in [0.2, 0.25) is 0 Å². The molecule has 0 saturated carbocycles. The van der Waals surface area contributed by atoms with Crippen LogP contribution in [0.1, 0.15) is 57.8 Å². The minimum absolute atomic E-state index is 0.0943. The maximum absolute atomic E-state index is 12.8. The second kappa shape index (κ2) is 7.86. The molecule has 0 saturated heterocycles. The van der Waals surface area contributed by atoms with Gasteiger partial charge in [0.1, 0.15) is 5.56 Å². The summed E-state index contributed by atoms with van der Waals surface area (Å²) >= 11 is 0. The SMILES string of the molecule is CCC1=CC(C)CC(C)C1NC(=O)c1cnn(C)c1OCC(C)C. The summed E-state index contributed by atoms with van der Waals surface area (Å²) < 4.78 is 7.43. The highest BCUT2D eigenvalue weighted by Crippen LogP contribution is 2.30. The van der Waals surface area contributed by atoms with Gasteiger partial charge in [-0.2, -0.15) is 5.10 Å². The van der Waals surface area contributed by atoms with E-state index in [-0.39, 0.29) is 11.9 Å². The van der Waals surface area contributed by atoms with Gasteiger partial charge in [-0.25, -0.2) is 4.68 Å². The molecule has 1 aliphatic rings. The zero-order chi connectivity index (χ0) is 17.9. The predicted octanol–water partition coefficient (Wildman–Crippen LogP) is 3.57. The first-order valence-electron chi connectivity index (χ1n) is 8.99. The highest BCUT2D eigenvalue weighted by atomic mass is 16.5. The molecule has 0 bridgehead atoms. The summed E-state index contributed by atoms with van der Waals surface area (Å²) in [6.45, 7) is 11.3. The van der Waals surface area contributed by atoms with Crippen LogP contribution in [0.4, 0.5) is 0 Å². The molecule has 5 heteroatoms. The van der Waals surface area contributed by atoms with Crippen molar-refractivity contribution in [2.24, 2.45) is 24.8 Å². The Morgan fingerprint density at radius 3 is 2.79 bits per heavy atom. The monoisotopic (exact) mass is 333 g/mol. The molecule has 0 radical (unpaired) electrons. The molecule has 1 aromatic rings. The van der Waals surface area contributed by atoms with E-state index in [4.69, 9.17) is 4.74 Å².